The van der Waals surface area contributed by atoms with Gasteiger partial charge in [-0.05, 0) is 23.8 Å². The van der Waals surface area contributed by atoms with Crippen LogP contribution in [0.2, 0.25) is 0 Å². The Bertz CT molecular complexity index is 571. The first-order valence-electron chi connectivity index (χ1n) is 5.68. The minimum Gasteiger partial charge on any atom is -0.282 e. The first-order valence-corrected chi connectivity index (χ1v) is 5.68. The van der Waals surface area contributed by atoms with Crippen molar-refractivity contribution < 1.29 is 0 Å². The summed E-state index contributed by atoms with van der Waals surface area (Å²) in [5.74, 6) is 0. The maximum atomic E-state index is 4.31. The van der Waals surface area contributed by atoms with Crippen LogP contribution in [0, 0.1) is 0 Å². The van der Waals surface area contributed by atoms with Crippen LogP contribution in [0.3, 0.4) is 0 Å². The molecule has 0 amide bonds. The van der Waals surface area contributed by atoms with Crippen molar-refractivity contribution in [2.24, 2.45) is 0 Å². The number of aromatic nitrogens is 2. The number of H-pyrrole nitrogens is 1. The molecule has 0 atom stereocenters. The summed E-state index contributed by atoms with van der Waals surface area (Å²) >= 11 is 0. The quantitative estimate of drug-likeness (QED) is 0.776. The fraction of sp³-hybridized carbons (Fsp3) is 0.133. The molecule has 1 N–H and O–H groups in total. The predicted molar refractivity (Wildman–Crippen MR) is 67.5 cm³/mol. The third kappa shape index (κ3) is 2.29. The summed E-state index contributed by atoms with van der Waals surface area (Å²) in [7, 11) is 0. The van der Waals surface area contributed by atoms with Crippen molar-refractivity contribution in [3.8, 4) is 0 Å². The van der Waals surface area contributed by atoms with E-state index in [4.69, 9.17) is 0 Å². The van der Waals surface area contributed by atoms with Crippen molar-refractivity contribution in [3.63, 3.8) is 0 Å². The van der Waals surface area contributed by atoms with E-state index in [0.717, 1.165) is 24.2 Å². The van der Waals surface area contributed by atoms with Gasteiger partial charge in [0.15, 0.2) is 0 Å². The second-order valence-corrected chi connectivity index (χ2v) is 4.13. The molecular weight excluding hydrogens is 208 g/mol. The van der Waals surface area contributed by atoms with Crippen LogP contribution in [0.15, 0.2) is 65.1 Å². The first-order chi connectivity index (χ1) is 8.40. The van der Waals surface area contributed by atoms with E-state index in [0.29, 0.717) is 0 Å². The van der Waals surface area contributed by atoms with Gasteiger partial charge < -0.3 is 0 Å². The van der Waals surface area contributed by atoms with Crippen LogP contribution in [0.1, 0.15) is 11.4 Å². The van der Waals surface area contributed by atoms with Crippen LogP contribution < -0.4 is 0 Å². The summed E-state index contributed by atoms with van der Waals surface area (Å²) in [5, 5.41) is 7.39. The average molecular weight is 220 g/mol. The van der Waals surface area contributed by atoms with Gasteiger partial charge in [-0.3, -0.25) is 5.10 Å². The Morgan fingerprint density at radius 1 is 1.00 bits per heavy atom. The number of hydrogen-bond donors (Lipinski definition) is 1. The van der Waals surface area contributed by atoms with E-state index in [9.17, 15) is 0 Å². The molecule has 0 fully saturated rings. The zero-order chi connectivity index (χ0) is 11.5. The summed E-state index contributed by atoms with van der Waals surface area (Å²) in [6.45, 7) is 0. The van der Waals surface area contributed by atoms with Crippen LogP contribution in [-0.4, -0.2) is 10.2 Å². The molecule has 2 nitrogen and oxygen atoms in total. The highest BCUT2D eigenvalue weighted by molar-refractivity contribution is 5.35. The summed E-state index contributed by atoms with van der Waals surface area (Å²) in [6.07, 6.45) is 13.7. The molecule has 0 saturated carbocycles. The van der Waals surface area contributed by atoms with Gasteiger partial charge in [0.1, 0.15) is 0 Å². The van der Waals surface area contributed by atoms with Crippen molar-refractivity contribution in [1.29, 1.82) is 0 Å². The first kappa shape index (κ1) is 9.92. The fourth-order valence-corrected chi connectivity index (χ4v) is 1.95. The van der Waals surface area contributed by atoms with Crippen LogP contribution in [0.4, 0.5) is 0 Å². The van der Waals surface area contributed by atoms with Crippen molar-refractivity contribution in [1.82, 2.24) is 10.2 Å². The molecular formula is C15H12N2. The molecule has 2 aliphatic rings. The number of allylic oxidation sites excluding steroid dienone is 6. The van der Waals surface area contributed by atoms with Gasteiger partial charge >= 0.3 is 0 Å². The normalized spacial score (nSPS) is 15.8. The van der Waals surface area contributed by atoms with Gasteiger partial charge in [-0.2, -0.15) is 5.10 Å². The highest BCUT2D eigenvalue weighted by Gasteiger charge is 2.05. The van der Waals surface area contributed by atoms with E-state index >= 15 is 0 Å². The van der Waals surface area contributed by atoms with Gasteiger partial charge in [-0.15, -0.1) is 11.5 Å². The van der Waals surface area contributed by atoms with E-state index in [1.165, 1.54) is 11.1 Å². The van der Waals surface area contributed by atoms with Gasteiger partial charge in [-0.25, -0.2) is 0 Å². The summed E-state index contributed by atoms with van der Waals surface area (Å²) in [5.41, 5.74) is 10.9. The van der Waals surface area contributed by atoms with E-state index in [-0.39, 0.29) is 0 Å². The minimum absolute atomic E-state index is 0.841. The zero-order valence-corrected chi connectivity index (χ0v) is 9.40. The lowest BCUT2D eigenvalue weighted by molar-refractivity contribution is 0.959. The van der Waals surface area contributed by atoms with Crippen molar-refractivity contribution in [3.05, 3.63) is 76.5 Å². The Morgan fingerprint density at radius 3 is 2.35 bits per heavy atom. The Balaban J connectivity index is 1.70. The average Bonchev–Trinajstić information content (AvgIpc) is 3.02. The maximum absolute atomic E-state index is 4.31. The van der Waals surface area contributed by atoms with Gasteiger partial charge in [0.05, 0.1) is 5.69 Å². The topological polar surface area (TPSA) is 28.7 Å². The number of rotatable bonds is 4. The highest BCUT2D eigenvalue weighted by Crippen LogP contribution is 2.14. The van der Waals surface area contributed by atoms with Gasteiger partial charge in [-0.1, -0.05) is 24.3 Å². The third-order valence-corrected chi connectivity index (χ3v) is 2.76. The number of nitrogens with zero attached hydrogens (tertiary/aromatic N) is 1. The summed E-state index contributed by atoms with van der Waals surface area (Å²) in [4.78, 5) is 0. The van der Waals surface area contributed by atoms with Gasteiger partial charge in [0, 0.05) is 24.1 Å². The molecule has 0 spiro atoms. The third-order valence-electron chi connectivity index (χ3n) is 2.76. The van der Waals surface area contributed by atoms with E-state index in [1.54, 1.807) is 0 Å². The molecule has 17 heavy (non-hydrogen) atoms. The molecule has 0 unspecified atom stereocenters. The molecule has 0 saturated heterocycles. The van der Waals surface area contributed by atoms with Crippen molar-refractivity contribution in [2.45, 2.75) is 12.8 Å². The lowest BCUT2D eigenvalue weighted by atomic mass is 10.1. The molecule has 3 rings (SSSR count). The lowest BCUT2D eigenvalue weighted by Crippen LogP contribution is -1.85. The lowest BCUT2D eigenvalue weighted by Gasteiger charge is -1.93. The van der Waals surface area contributed by atoms with Crippen LogP contribution in [0.5, 0.6) is 0 Å². The number of nitrogens with one attached hydrogen (secondary N) is 1. The molecule has 0 aliphatic heterocycles. The Hall–Kier alpha value is -2.27. The van der Waals surface area contributed by atoms with Gasteiger partial charge in [0.25, 0.3) is 0 Å². The fourth-order valence-electron chi connectivity index (χ4n) is 1.95. The second kappa shape index (κ2) is 4.31. The molecule has 82 valence electrons. The van der Waals surface area contributed by atoms with E-state index < -0.39 is 0 Å². The molecule has 1 aromatic rings. The summed E-state index contributed by atoms with van der Waals surface area (Å²) < 4.78 is 0. The van der Waals surface area contributed by atoms with E-state index in [2.05, 4.69) is 39.9 Å². The minimum atomic E-state index is 0.841. The molecule has 2 aliphatic carbocycles. The highest BCUT2D eigenvalue weighted by atomic mass is 15.1. The molecule has 2 heteroatoms. The van der Waals surface area contributed by atoms with Crippen LogP contribution in [-0.2, 0) is 12.8 Å². The second-order valence-electron chi connectivity index (χ2n) is 4.13. The Kier molecular flexibility index (Phi) is 2.51. The standard InChI is InChI=1S/C15H12N2/c1-2-6-12(5-1)9-14-11-15(17-16-14)10-13-7-3-4-8-13/h1-5,7,11H,9-10H2,(H,16,17). The smallest absolute Gasteiger partial charge is 0.0675 e. The Labute approximate surface area is 100 Å². The predicted octanol–water partition coefficient (Wildman–Crippen LogP) is 2.80. The molecule has 1 aromatic heterocycles. The largest absolute Gasteiger partial charge is 0.282 e. The van der Waals surface area contributed by atoms with E-state index in [1.807, 2.05) is 24.3 Å². The summed E-state index contributed by atoms with van der Waals surface area (Å²) in [6, 6.07) is 2.11. The SMILES string of the molecule is C1=CC=CC=1Cc1cc(CC2=C=CC=C2)[nH]n1. The number of hydrogen-bond acceptors (Lipinski definition) is 1. The zero-order valence-electron chi connectivity index (χ0n) is 9.40. The Morgan fingerprint density at radius 2 is 1.71 bits per heavy atom. The molecule has 0 bridgehead atoms. The molecule has 0 aromatic carbocycles. The van der Waals surface area contributed by atoms with Crippen molar-refractivity contribution in [2.75, 3.05) is 0 Å². The van der Waals surface area contributed by atoms with Crippen molar-refractivity contribution >= 4 is 0 Å². The van der Waals surface area contributed by atoms with Crippen LogP contribution >= 0.6 is 0 Å². The van der Waals surface area contributed by atoms with Gasteiger partial charge in [0.2, 0.25) is 0 Å². The number of aromatic amines is 1. The molecule has 1 heterocycles. The maximum Gasteiger partial charge on any atom is 0.0675 e. The van der Waals surface area contributed by atoms with Crippen LogP contribution in [0.25, 0.3) is 0 Å². The molecule has 0 radical (unpaired) electrons. The monoisotopic (exact) mass is 220 g/mol.